The number of aromatic carboxylic acids is 1. The zero-order valence-corrected chi connectivity index (χ0v) is 16.4. The number of rotatable bonds is 5. The molecule has 3 aromatic rings. The Morgan fingerprint density at radius 2 is 1.86 bits per heavy atom. The number of fused-ring (bicyclic) bond motifs is 1. The highest BCUT2D eigenvalue weighted by molar-refractivity contribution is 5.98. The number of amides is 1. The number of hydrogen-bond acceptors (Lipinski definition) is 5. The van der Waals surface area contributed by atoms with Gasteiger partial charge in [-0.3, -0.25) is 4.79 Å². The third-order valence-corrected chi connectivity index (χ3v) is 5.28. The second-order valence-corrected chi connectivity index (χ2v) is 7.52. The predicted octanol–water partition coefficient (Wildman–Crippen LogP) is 3.69. The molecule has 1 fully saturated rings. The Labute approximate surface area is 168 Å². The average Bonchev–Trinajstić information content (AvgIpc) is 3.34. The van der Waals surface area contributed by atoms with Crippen molar-refractivity contribution in [3.63, 3.8) is 0 Å². The standard InChI is InChI=1S/C21H23N5O3/c1-25(2)19(27)17-11-14-12-22-21(23-15-9-7-13(8-10-15)20(28)29)24-18(14)26(17)16-5-3-4-6-16/h7-12,16H,3-6H2,1-2H3,(H,28,29)(H,22,23,24). The molecule has 2 aromatic heterocycles. The summed E-state index contributed by atoms with van der Waals surface area (Å²) in [5.41, 5.74) is 2.28. The summed E-state index contributed by atoms with van der Waals surface area (Å²) in [4.78, 5) is 34.4. The number of nitrogens with one attached hydrogen (secondary N) is 1. The van der Waals surface area contributed by atoms with Crippen molar-refractivity contribution in [3.05, 3.63) is 47.8 Å². The summed E-state index contributed by atoms with van der Waals surface area (Å²) < 4.78 is 2.06. The molecule has 2 N–H and O–H groups in total. The first-order valence-corrected chi connectivity index (χ1v) is 9.64. The number of hydrogen-bond donors (Lipinski definition) is 2. The molecule has 0 unspecified atom stereocenters. The van der Waals surface area contributed by atoms with Crippen molar-refractivity contribution in [2.45, 2.75) is 31.7 Å². The van der Waals surface area contributed by atoms with Crippen molar-refractivity contribution in [2.24, 2.45) is 0 Å². The van der Waals surface area contributed by atoms with Gasteiger partial charge in [0.05, 0.1) is 5.56 Å². The summed E-state index contributed by atoms with van der Waals surface area (Å²) in [5, 5.41) is 13.0. The number of carbonyl (C=O) groups excluding carboxylic acids is 1. The van der Waals surface area contributed by atoms with Gasteiger partial charge in [0, 0.05) is 37.4 Å². The molecule has 29 heavy (non-hydrogen) atoms. The van der Waals surface area contributed by atoms with Gasteiger partial charge in [-0.25, -0.2) is 9.78 Å². The number of benzene rings is 1. The van der Waals surface area contributed by atoms with Crippen molar-refractivity contribution in [3.8, 4) is 0 Å². The van der Waals surface area contributed by atoms with Crippen LogP contribution < -0.4 is 5.32 Å². The molecule has 1 aromatic carbocycles. The largest absolute Gasteiger partial charge is 0.478 e. The number of carbonyl (C=O) groups is 2. The Kier molecular flexibility index (Phi) is 4.92. The highest BCUT2D eigenvalue weighted by Gasteiger charge is 2.26. The van der Waals surface area contributed by atoms with Crippen LogP contribution in [0.2, 0.25) is 0 Å². The van der Waals surface area contributed by atoms with Crippen LogP contribution in [-0.4, -0.2) is 50.5 Å². The van der Waals surface area contributed by atoms with Gasteiger partial charge in [0.15, 0.2) is 0 Å². The van der Waals surface area contributed by atoms with E-state index >= 15 is 0 Å². The molecule has 1 aliphatic rings. The predicted molar refractivity (Wildman–Crippen MR) is 110 cm³/mol. The minimum Gasteiger partial charge on any atom is -0.478 e. The van der Waals surface area contributed by atoms with Gasteiger partial charge in [-0.1, -0.05) is 12.8 Å². The van der Waals surface area contributed by atoms with E-state index < -0.39 is 5.97 Å². The van der Waals surface area contributed by atoms with Crippen molar-refractivity contribution >= 4 is 34.5 Å². The van der Waals surface area contributed by atoms with Crippen LogP contribution in [0.5, 0.6) is 0 Å². The molecule has 150 valence electrons. The van der Waals surface area contributed by atoms with E-state index in [2.05, 4.69) is 19.9 Å². The van der Waals surface area contributed by atoms with Crippen LogP contribution in [-0.2, 0) is 0 Å². The highest BCUT2D eigenvalue weighted by Crippen LogP contribution is 2.34. The van der Waals surface area contributed by atoms with Crippen molar-refractivity contribution in [1.29, 1.82) is 0 Å². The van der Waals surface area contributed by atoms with E-state index in [1.54, 1.807) is 37.3 Å². The van der Waals surface area contributed by atoms with Crippen molar-refractivity contribution < 1.29 is 14.7 Å². The summed E-state index contributed by atoms with van der Waals surface area (Å²) in [6.45, 7) is 0. The molecule has 0 spiro atoms. The molecule has 8 nitrogen and oxygen atoms in total. The van der Waals surface area contributed by atoms with Crippen molar-refractivity contribution in [2.75, 3.05) is 19.4 Å². The van der Waals surface area contributed by atoms with Crippen LogP contribution in [0.4, 0.5) is 11.6 Å². The van der Waals surface area contributed by atoms with Crippen LogP contribution in [0, 0.1) is 0 Å². The molecule has 0 aliphatic heterocycles. The van der Waals surface area contributed by atoms with E-state index in [1.165, 1.54) is 12.1 Å². The van der Waals surface area contributed by atoms with Gasteiger partial charge in [0.1, 0.15) is 11.3 Å². The van der Waals surface area contributed by atoms with E-state index in [-0.39, 0.29) is 17.5 Å². The molecule has 1 aliphatic carbocycles. The molecule has 2 heterocycles. The lowest BCUT2D eigenvalue weighted by atomic mass is 10.2. The third-order valence-electron chi connectivity index (χ3n) is 5.28. The lowest BCUT2D eigenvalue weighted by Crippen LogP contribution is -2.25. The summed E-state index contributed by atoms with van der Waals surface area (Å²) in [5.74, 6) is -0.614. The van der Waals surface area contributed by atoms with Crippen LogP contribution in [0.25, 0.3) is 11.0 Å². The average molecular weight is 393 g/mol. The van der Waals surface area contributed by atoms with Gasteiger partial charge in [-0.05, 0) is 43.2 Å². The number of nitrogens with zero attached hydrogens (tertiary/aromatic N) is 4. The van der Waals surface area contributed by atoms with Crippen LogP contribution >= 0.6 is 0 Å². The molecule has 1 amide bonds. The number of aromatic nitrogens is 3. The molecule has 4 rings (SSSR count). The van der Waals surface area contributed by atoms with Gasteiger partial charge < -0.3 is 19.9 Å². The summed E-state index contributed by atoms with van der Waals surface area (Å²) in [6.07, 6.45) is 6.06. The van der Waals surface area contributed by atoms with E-state index in [0.717, 1.165) is 36.7 Å². The Morgan fingerprint density at radius 1 is 1.17 bits per heavy atom. The fraction of sp³-hybridized carbons (Fsp3) is 0.333. The second kappa shape index (κ2) is 7.54. The maximum absolute atomic E-state index is 12.7. The SMILES string of the molecule is CN(C)C(=O)c1cc2cnc(Nc3ccc(C(=O)O)cc3)nc2n1C1CCCC1. The third kappa shape index (κ3) is 3.65. The minimum atomic E-state index is -0.971. The van der Waals surface area contributed by atoms with Gasteiger partial charge in [0.2, 0.25) is 5.95 Å². The molecule has 1 saturated carbocycles. The van der Waals surface area contributed by atoms with Gasteiger partial charge in [-0.15, -0.1) is 0 Å². The number of anilines is 2. The molecule has 0 radical (unpaired) electrons. The molecule has 8 heteroatoms. The Balaban J connectivity index is 1.73. The summed E-state index contributed by atoms with van der Waals surface area (Å²) in [6, 6.07) is 8.52. The van der Waals surface area contributed by atoms with Crippen LogP contribution in [0.1, 0.15) is 52.6 Å². The van der Waals surface area contributed by atoms with Crippen molar-refractivity contribution in [1.82, 2.24) is 19.4 Å². The molecule has 0 atom stereocenters. The Morgan fingerprint density at radius 3 is 2.48 bits per heavy atom. The van der Waals surface area contributed by atoms with Crippen LogP contribution in [0.15, 0.2) is 36.5 Å². The molecule has 0 bridgehead atoms. The first-order chi connectivity index (χ1) is 13.9. The number of carboxylic acid groups (broad SMARTS) is 1. The second-order valence-electron chi connectivity index (χ2n) is 7.52. The maximum atomic E-state index is 12.7. The van der Waals surface area contributed by atoms with Gasteiger partial charge >= 0.3 is 5.97 Å². The summed E-state index contributed by atoms with van der Waals surface area (Å²) in [7, 11) is 3.50. The Bertz CT molecular complexity index is 1070. The molecular weight excluding hydrogens is 370 g/mol. The quantitative estimate of drug-likeness (QED) is 0.686. The first kappa shape index (κ1) is 18.9. The van der Waals surface area contributed by atoms with Gasteiger partial charge in [0.25, 0.3) is 5.91 Å². The van der Waals surface area contributed by atoms with Crippen LogP contribution in [0.3, 0.4) is 0 Å². The summed E-state index contributed by atoms with van der Waals surface area (Å²) >= 11 is 0. The number of carboxylic acids is 1. The van der Waals surface area contributed by atoms with E-state index in [0.29, 0.717) is 17.3 Å². The Hall–Kier alpha value is -3.42. The smallest absolute Gasteiger partial charge is 0.335 e. The first-order valence-electron chi connectivity index (χ1n) is 9.64. The van der Waals surface area contributed by atoms with E-state index in [4.69, 9.17) is 5.11 Å². The zero-order chi connectivity index (χ0) is 20.5. The van der Waals surface area contributed by atoms with E-state index in [9.17, 15) is 9.59 Å². The highest BCUT2D eigenvalue weighted by atomic mass is 16.4. The topological polar surface area (TPSA) is 100 Å². The lowest BCUT2D eigenvalue weighted by molar-refractivity contribution is 0.0696. The fourth-order valence-corrected chi connectivity index (χ4v) is 3.82. The zero-order valence-electron chi connectivity index (χ0n) is 16.4. The minimum absolute atomic E-state index is 0.0475. The molecule has 0 saturated heterocycles. The van der Waals surface area contributed by atoms with Gasteiger partial charge in [-0.2, -0.15) is 4.98 Å². The van der Waals surface area contributed by atoms with E-state index in [1.807, 2.05) is 6.07 Å². The molecular formula is C21H23N5O3. The fourth-order valence-electron chi connectivity index (χ4n) is 3.82. The monoisotopic (exact) mass is 393 g/mol. The lowest BCUT2D eigenvalue weighted by Gasteiger charge is -2.19. The maximum Gasteiger partial charge on any atom is 0.335 e. The normalized spacial score (nSPS) is 14.3.